The van der Waals surface area contributed by atoms with Crippen LogP contribution in [0.4, 0.5) is 0 Å². The van der Waals surface area contributed by atoms with Crippen molar-refractivity contribution in [2.45, 2.75) is 39.3 Å². The summed E-state index contributed by atoms with van der Waals surface area (Å²) in [6.45, 7) is 2.32. The van der Waals surface area contributed by atoms with Crippen molar-refractivity contribution in [3.05, 3.63) is 51.0 Å². The normalized spacial score (nSPS) is 15.5. The van der Waals surface area contributed by atoms with Gasteiger partial charge in [-0.3, -0.25) is 4.79 Å². The second-order valence-corrected chi connectivity index (χ2v) is 9.42. The van der Waals surface area contributed by atoms with Crippen molar-refractivity contribution >= 4 is 33.1 Å². The fourth-order valence-corrected chi connectivity index (χ4v) is 5.79. The van der Waals surface area contributed by atoms with Gasteiger partial charge >= 0.3 is 5.69 Å². The average molecular weight is 468 g/mol. The fraction of sp³-hybridized carbons (Fsp3) is 0.391. The number of aryl methyl sites for hydroxylation is 1. The number of hydrogen-bond acceptors (Lipinski definition) is 7. The largest absolute Gasteiger partial charge is 0.493 e. The number of para-hydroxylation sites is 1. The number of methoxy groups -OCH3 is 2. The summed E-state index contributed by atoms with van der Waals surface area (Å²) in [5, 5.41) is 8.31. The number of rotatable bonds is 6. The molecule has 1 aromatic carbocycles. The maximum Gasteiger partial charge on any atom is 0.352 e. The molecule has 1 aliphatic rings. The van der Waals surface area contributed by atoms with Crippen molar-refractivity contribution in [1.82, 2.24) is 24.5 Å². The van der Waals surface area contributed by atoms with Gasteiger partial charge in [-0.15, -0.1) is 16.4 Å². The van der Waals surface area contributed by atoms with E-state index in [2.05, 4.69) is 22.3 Å². The molecule has 5 rings (SSSR count). The second kappa shape index (κ2) is 8.51. The quantitative estimate of drug-likeness (QED) is 0.468. The minimum absolute atomic E-state index is 0.183. The standard InChI is InChI=1S/C23H25N5O4S/c1-13-7-8-15-17(9-13)33-22-19(15)21-26-28(23(30)27(21)12-25-22)11-18(29)24-10-14-5-4-6-16(31-2)20(14)32-3/h4-6,12-13H,7-11H2,1-3H3,(H,24,29). The van der Waals surface area contributed by atoms with Gasteiger partial charge in [-0.25, -0.2) is 18.9 Å². The summed E-state index contributed by atoms with van der Waals surface area (Å²) in [6, 6.07) is 5.47. The molecule has 0 fully saturated rings. The van der Waals surface area contributed by atoms with Crippen molar-refractivity contribution < 1.29 is 14.3 Å². The number of hydrogen-bond donors (Lipinski definition) is 1. The van der Waals surface area contributed by atoms with E-state index >= 15 is 0 Å². The Hall–Kier alpha value is -3.40. The summed E-state index contributed by atoms with van der Waals surface area (Å²) < 4.78 is 13.3. The van der Waals surface area contributed by atoms with Crippen LogP contribution in [0.5, 0.6) is 11.5 Å². The Balaban J connectivity index is 1.41. The summed E-state index contributed by atoms with van der Waals surface area (Å²) >= 11 is 1.68. The van der Waals surface area contributed by atoms with E-state index < -0.39 is 0 Å². The Bertz CT molecular complexity index is 1420. The summed E-state index contributed by atoms with van der Waals surface area (Å²) in [4.78, 5) is 32.3. The second-order valence-electron chi connectivity index (χ2n) is 8.34. The molecule has 0 aliphatic heterocycles. The smallest absolute Gasteiger partial charge is 0.352 e. The van der Waals surface area contributed by atoms with Crippen LogP contribution in [0.2, 0.25) is 0 Å². The van der Waals surface area contributed by atoms with Crippen LogP contribution in [-0.4, -0.2) is 39.3 Å². The molecule has 1 aliphatic carbocycles. The molecule has 0 spiro atoms. The summed E-state index contributed by atoms with van der Waals surface area (Å²) in [7, 11) is 3.12. The Morgan fingerprint density at radius 2 is 2.15 bits per heavy atom. The fourth-order valence-electron chi connectivity index (χ4n) is 4.44. The zero-order valence-corrected chi connectivity index (χ0v) is 19.6. The van der Waals surface area contributed by atoms with Gasteiger partial charge in [-0.1, -0.05) is 19.1 Å². The summed E-state index contributed by atoms with van der Waals surface area (Å²) in [5.74, 6) is 1.48. The van der Waals surface area contributed by atoms with Crippen molar-refractivity contribution in [2.75, 3.05) is 14.2 Å². The van der Waals surface area contributed by atoms with Gasteiger partial charge in [0.05, 0.1) is 19.6 Å². The van der Waals surface area contributed by atoms with Gasteiger partial charge in [0.1, 0.15) is 17.7 Å². The van der Waals surface area contributed by atoms with E-state index in [4.69, 9.17) is 9.47 Å². The van der Waals surface area contributed by atoms with Crippen molar-refractivity contribution in [1.29, 1.82) is 0 Å². The predicted octanol–water partition coefficient (Wildman–Crippen LogP) is 2.56. The van der Waals surface area contributed by atoms with E-state index in [0.717, 1.165) is 35.0 Å². The molecule has 1 unspecified atom stereocenters. The topological polar surface area (TPSA) is 99.7 Å². The molecule has 1 amide bonds. The maximum atomic E-state index is 12.9. The predicted molar refractivity (Wildman–Crippen MR) is 125 cm³/mol. The van der Waals surface area contributed by atoms with Gasteiger partial charge in [0.15, 0.2) is 17.1 Å². The molecule has 0 radical (unpaired) electrons. The average Bonchev–Trinajstić information content (AvgIpc) is 3.33. The van der Waals surface area contributed by atoms with E-state index in [1.165, 1.54) is 25.9 Å². The Labute approximate surface area is 194 Å². The third kappa shape index (κ3) is 3.74. The van der Waals surface area contributed by atoms with Gasteiger partial charge in [0.25, 0.3) is 0 Å². The van der Waals surface area contributed by atoms with Gasteiger partial charge in [-0.2, -0.15) is 0 Å². The van der Waals surface area contributed by atoms with Gasteiger partial charge in [0.2, 0.25) is 5.91 Å². The minimum atomic E-state index is -0.377. The van der Waals surface area contributed by atoms with Gasteiger partial charge < -0.3 is 14.8 Å². The molecule has 172 valence electrons. The number of amides is 1. The Morgan fingerprint density at radius 1 is 1.30 bits per heavy atom. The third-order valence-corrected chi connectivity index (χ3v) is 7.29. The number of benzene rings is 1. The molecule has 0 saturated heterocycles. The first kappa shape index (κ1) is 21.4. The third-order valence-electron chi connectivity index (χ3n) is 6.13. The SMILES string of the molecule is COc1cccc(CNC(=O)Cn2nc3c4c5c(sc4ncn3c2=O)CC(C)CC5)c1OC. The number of aromatic nitrogens is 4. The van der Waals surface area contributed by atoms with Crippen molar-refractivity contribution in [2.24, 2.45) is 5.92 Å². The molecule has 9 nitrogen and oxygen atoms in total. The van der Waals surface area contributed by atoms with Gasteiger partial charge in [0, 0.05) is 17.0 Å². The summed E-state index contributed by atoms with van der Waals surface area (Å²) in [5.41, 5.74) is 2.22. The van der Waals surface area contributed by atoms with Crippen molar-refractivity contribution in [3.8, 4) is 11.5 Å². The van der Waals surface area contributed by atoms with Gasteiger partial charge in [-0.05, 0) is 36.8 Å². The molecular formula is C23H25N5O4S. The molecule has 3 aromatic heterocycles. The molecule has 0 bridgehead atoms. The van der Waals surface area contributed by atoms with E-state index in [9.17, 15) is 9.59 Å². The number of nitrogens with zero attached hydrogens (tertiary/aromatic N) is 4. The van der Waals surface area contributed by atoms with E-state index in [1.54, 1.807) is 31.6 Å². The van der Waals surface area contributed by atoms with Crippen LogP contribution in [0.15, 0.2) is 29.3 Å². The molecule has 1 atom stereocenters. The first-order chi connectivity index (χ1) is 16.0. The van der Waals surface area contributed by atoms with Crippen LogP contribution >= 0.6 is 11.3 Å². The van der Waals surface area contributed by atoms with Crippen LogP contribution < -0.4 is 20.5 Å². The van der Waals surface area contributed by atoms with Crippen LogP contribution in [0.1, 0.15) is 29.3 Å². The number of nitrogens with one attached hydrogen (secondary N) is 1. The lowest BCUT2D eigenvalue weighted by molar-refractivity contribution is -0.122. The molecule has 4 aromatic rings. The number of fused-ring (bicyclic) bond motifs is 5. The number of carbonyl (C=O) groups excluding carboxylic acids is 1. The van der Waals surface area contributed by atoms with Crippen LogP contribution in [0.3, 0.4) is 0 Å². The lowest BCUT2D eigenvalue weighted by Crippen LogP contribution is -2.32. The molecule has 0 saturated carbocycles. The van der Waals surface area contributed by atoms with Crippen LogP contribution in [-0.2, 0) is 30.7 Å². The Kier molecular flexibility index (Phi) is 5.53. The lowest BCUT2D eigenvalue weighted by atomic mass is 9.89. The number of thiophene rings is 1. The molecule has 10 heteroatoms. The summed E-state index contributed by atoms with van der Waals surface area (Å²) in [6.07, 6.45) is 4.61. The highest BCUT2D eigenvalue weighted by molar-refractivity contribution is 7.19. The first-order valence-corrected chi connectivity index (χ1v) is 11.7. The lowest BCUT2D eigenvalue weighted by Gasteiger charge is -2.17. The molecule has 3 heterocycles. The van der Waals surface area contributed by atoms with E-state index in [0.29, 0.717) is 23.1 Å². The maximum absolute atomic E-state index is 12.9. The molecule has 33 heavy (non-hydrogen) atoms. The Morgan fingerprint density at radius 3 is 2.94 bits per heavy atom. The number of ether oxygens (including phenoxy) is 2. The zero-order valence-electron chi connectivity index (χ0n) is 18.8. The highest BCUT2D eigenvalue weighted by Gasteiger charge is 2.24. The highest BCUT2D eigenvalue weighted by atomic mass is 32.1. The van der Waals surface area contributed by atoms with Crippen molar-refractivity contribution in [3.63, 3.8) is 0 Å². The molecule has 1 N–H and O–H groups in total. The van der Waals surface area contributed by atoms with E-state index in [1.807, 2.05) is 12.1 Å². The monoisotopic (exact) mass is 467 g/mol. The first-order valence-electron chi connectivity index (χ1n) is 10.8. The highest BCUT2D eigenvalue weighted by Crippen LogP contribution is 2.38. The van der Waals surface area contributed by atoms with E-state index in [-0.39, 0.29) is 24.7 Å². The minimum Gasteiger partial charge on any atom is -0.493 e. The van der Waals surface area contributed by atoms with Crippen LogP contribution in [0.25, 0.3) is 15.9 Å². The van der Waals surface area contributed by atoms with Crippen LogP contribution in [0, 0.1) is 5.92 Å². The zero-order chi connectivity index (χ0) is 23.1. The molecular weight excluding hydrogens is 442 g/mol. The number of carbonyl (C=O) groups is 1.